The normalized spacial score (nSPS) is 23.5. The molecule has 1 fully saturated rings. The third kappa shape index (κ3) is 5.01. The van der Waals surface area contributed by atoms with Crippen LogP contribution in [0.4, 0.5) is 10.1 Å². The van der Waals surface area contributed by atoms with Gasteiger partial charge in [-0.25, -0.2) is 4.39 Å². The zero-order chi connectivity index (χ0) is 17.9. The molecule has 1 saturated heterocycles. The molecule has 2 aromatic rings. The summed E-state index contributed by atoms with van der Waals surface area (Å²) in [6, 6.07) is 15.5. The fourth-order valence-electron chi connectivity index (χ4n) is 2.91. The molecule has 0 unspecified atom stereocenters. The molecule has 0 amide bonds. The largest absolute Gasteiger partial charge is 0.382 e. The summed E-state index contributed by atoms with van der Waals surface area (Å²) in [6.07, 6.45) is 0.0297. The van der Waals surface area contributed by atoms with E-state index in [4.69, 9.17) is 8.92 Å². The Morgan fingerprint density at radius 2 is 1.84 bits per heavy atom. The molecule has 2 aromatic carbocycles. The van der Waals surface area contributed by atoms with E-state index in [1.54, 1.807) is 12.1 Å². The first-order chi connectivity index (χ1) is 11.9. The Morgan fingerprint density at radius 1 is 1.16 bits per heavy atom. The number of halogens is 1. The molecular weight excluding hydrogens is 345 g/mol. The highest BCUT2D eigenvalue weighted by atomic mass is 32.2. The number of benzene rings is 2. The average molecular weight is 365 g/mol. The van der Waals surface area contributed by atoms with E-state index >= 15 is 0 Å². The molecule has 0 aliphatic carbocycles. The van der Waals surface area contributed by atoms with Crippen molar-refractivity contribution >= 4 is 15.8 Å². The first kappa shape index (κ1) is 17.8. The van der Waals surface area contributed by atoms with Gasteiger partial charge in [0.15, 0.2) is 0 Å². The van der Waals surface area contributed by atoms with Crippen LogP contribution >= 0.6 is 0 Å². The highest BCUT2D eigenvalue weighted by Crippen LogP contribution is 2.36. The Balaban J connectivity index is 1.71. The van der Waals surface area contributed by atoms with Crippen LogP contribution in [0, 0.1) is 5.82 Å². The molecule has 5 nitrogen and oxygen atoms in total. The van der Waals surface area contributed by atoms with Crippen LogP contribution < -0.4 is 5.32 Å². The van der Waals surface area contributed by atoms with Crippen molar-refractivity contribution in [1.82, 2.24) is 0 Å². The van der Waals surface area contributed by atoms with Gasteiger partial charge >= 0.3 is 0 Å². The summed E-state index contributed by atoms with van der Waals surface area (Å²) in [5.41, 5.74) is 1.65. The maximum atomic E-state index is 13.1. The van der Waals surface area contributed by atoms with Crippen LogP contribution in [0.1, 0.15) is 18.1 Å². The summed E-state index contributed by atoms with van der Waals surface area (Å²) in [5, 5.41) is 3.26. The topological polar surface area (TPSA) is 64.6 Å². The molecule has 0 bridgehead atoms. The molecule has 1 heterocycles. The maximum Gasteiger partial charge on any atom is 0.264 e. The van der Waals surface area contributed by atoms with Gasteiger partial charge < -0.3 is 10.1 Å². The van der Waals surface area contributed by atoms with Gasteiger partial charge in [-0.15, -0.1) is 0 Å². The van der Waals surface area contributed by atoms with Gasteiger partial charge in [0.2, 0.25) is 0 Å². The Labute approximate surface area is 146 Å². The van der Waals surface area contributed by atoms with Gasteiger partial charge in [0.25, 0.3) is 10.1 Å². The number of hydrogen-bond acceptors (Lipinski definition) is 5. The summed E-state index contributed by atoms with van der Waals surface area (Å²) >= 11 is 0. The summed E-state index contributed by atoms with van der Waals surface area (Å²) in [5.74, 6) is -0.357. The number of para-hydroxylation sites is 1. The molecule has 7 heteroatoms. The molecule has 25 heavy (non-hydrogen) atoms. The average Bonchev–Trinajstić information content (AvgIpc) is 2.95. The van der Waals surface area contributed by atoms with Gasteiger partial charge in [0.1, 0.15) is 18.0 Å². The zero-order valence-corrected chi connectivity index (χ0v) is 14.6. The van der Waals surface area contributed by atoms with E-state index in [-0.39, 0.29) is 11.9 Å². The summed E-state index contributed by atoms with van der Waals surface area (Å²) < 4.78 is 47.4. The van der Waals surface area contributed by atoms with Crippen molar-refractivity contribution in [2.45, 2.75) is 24.7 Å². The van der Waals surface area contributed by atoms with E-state index in [2.05, 4.69) is 5.32 Å². The standard InChI is InChI=1S/C18H20FNO4S/c1-25(21,22)24-17-11-16(12-20-15-5-3-2-4-6-15)23-18(17)13-7-9-14(19)10-8-13/h2-10,16-18,20H,11-12H2,1H3/t16-,17-,18-/m0/s1. The minimum Gasteiger partial charge on any atom is -0.382 e. The second kappa shape index (κ2) is 7.51. The Hall–Kier alpha value is -1.96. The third-order valence-electron chi connectivity index (χ3n) is 3.98. The molecule has 0 spiro atoms. The van der Waals surface area contributed by atoms with E-state index in [9.17, 15) is 12.8 Å². The van der Waals surface area contributed by atoms with E-state index in [0.717, 1.165) is 11.9 Å². The predicted octanol–water partition coefficient (Wildman–Crippen LogP) is 3.11. The second-order valence-electron chi connectivity index (χ2n) is 6.05. The van der Waals surface area contributed by atoms with Crippen LogP contribution in [0.2, 0.25) is 0 Å². The number of nitrogens with one attached hydrogen (secondary N) is 1. The van der Waals surface area contributed by atoms with E-state index in [0.29, 0.717) is 18.5 Å². The van der Waals surface area contributed by atoms with Gasteiger partial charge in [-0.2, -0.15) is 8.42 Å². The molecule has 0 aromatic heterocycles. The van der Waals surface area contributed by atoms with E-state index < -0.39 is 22.3 Å². The number of anilines is 1. The van der Waals surface area contributed by atoms with Crippen LogP contribution in [0.3, 0.4) is 0 Å². The number of hydrogen-bond donors (Lipinski definition) is 1. The van der Waals surface area contributed by atoms with Crippen molar-refractivity contribution in [1.29, 1.82) is 0 Å². The van der Waals surface area contributed by atoms with Crippen molar-refractivity contribution in [2.24, 2.45) is 0 Å². The van der Waals surface area contributed by atoms with Gasteiger partial charge in [0.05, 0.1) is 12.4 Å². The third-order valence-corrected chi connectivity index (χ3v) is 4.57. The van der Waals surface area contributed by atoms with E-state index in [1.807, 2.05) is 30.3 Å². The number of rotatable bonds is 6. The first-order valence-electron chi connectivity index (χ1n) is 7.99. The fraction of sp³-hybridized carbons (Fsp3) is 0.333. The summed E-state index contributed by atoms with van der Waals surface area (Å²) in [4.78, 5) is 0. The quantitative estimate of drug-likeness (QED) is 0.797. The van der Waals surface area contributed by atoms with Crippen molar-refractivity contribution in [2.75, 3.05) is 18.1 Å². The summed E-state index contributed by atoms with van der Waals surface area (Å²) in [7, 11) is -3.62. The first-order valence-corrected chi connectivity index (χ1v) is 9.80. The Kier molecular flexibility index (Phi) is 5.36. The lowest BCUT2D eigenvalue weighted by Gasteiger charge is -2.18. The molecule has 0 saturated carbocycles. The molecule has 1 aliphatic rings. The second-order valence-corrected chi connectivity index (χ2v) is 7.65. The van der Waals surface area contributed by atoms with Crippen LogP contribution in [0.5, 0.6) is 0 Å². The van der Waals surface area contributed by atoms with Crippen LogP contribution in [-0.2, 0) is 19.0 Å². The number of ether oxygens (including phenoxy) is 1. The highest BCUT2D eigenvalue weighted by Gasteiger charge is 2.39. The van der Waals surface area contributed by atoms with Crippen molar-refractivity contribution in [3.8, 4) is 0 Å². The van der Waals surface area contributed by atoms with Gasteiger partial charge in [0, 0.05) is 18.7 Å². The molecule has 0 radical (unpaired) electrons. The fourth-order valence-corrected chi connectivity index (χ4v) is 3.54. The lowest BCUT2D eigenvalue weighted by atomic mass is 10.0. The smallest absolute Gasteiger partial charge is 0.264 e. The monoisotopic (exact) mass is 365 g/mol. The molecule has 3 atom stereocenters. The van der Waals surface area contributed by atoms with Crippen LogP contribution in [0.15, 0.2) is 54.6 Å². The van der Waals surface area contributed by atoms with Gasteiger partial charge in [-0.1, -0.05) is 30.3 Å². The van der Waals surface area contributed by atoms with Crippen LogP contribution in [-0.4, -0.2) is 33.4 Å². The highest BCUT2D eigenvalue weighted by molar-refractivity contribution is 7.86. The minimum absolute atomic E-state index is 0.220. The summed E-state index contributed by atoms with van der Waals surface area (Å²) in [6.45, 7) is 0.519. The van der Waals surface area contributed by atoms with Gasteiger partial charge in [-0.05, 0) is 29.8 Å². The van der Waals surface area contributed by atoms with E-state index in [1.165, 1.54) is 12.1 Å². The SMILES string of the molecule is CS(=O)(=O)O[C@H]1C[C@@H](CNc2ccccc2)O[C@H]1c1ccc(F)cc1. The van der Waals surface area contributed by atoms with Crippen LogP contribution in [0.25, 0.3) is 0 Å². The molecule has 1 N–H and O–H groups in total. The molecule has 134 valence electrons. The lowest BCUT2D eigenvalue weighted by molar-refractivity contribution is 0.0222. The Morgan fingerprint density at radius 3 is 2.48 bits per heavy atom. The van der Waals surface area contributed by atoms with Crippen molar-refractivity contribution < 1.29 is 21.7 Å². The Bertz CT molecular complexity index is 796. The molecular formula is C18H20FNO4S. The maximum absolute atomic E-state index is 13.1. The molecule has 3 rings (SSSR count). The van der Waals surface area contributed by atoms with Crippen molar-refractivity contribution in [3.63, 3.8) is 0 Å². The van der Waals surface area contributed by atoms with Gasteiger partial charge in [-0.3, -0.25) is 4.18 Å². The zero-order valence-electron chi connectivity index (χ0n) is 13.8. The predicted molar refractivity (Wildman–Crippen MR) is 93.3 cm³/mol. The van der Waals surface area contributed by atoms with Crippen molar-refractivity contribution in [3.05, 3.63) is 66.0 Å². The molecule has 1 aliphatic heterocycles. The minimum atomic E-state index is -3.62. The lowest BCUT2D eigenvalue weighted by Crippen LogP contribution is -2.21.